The minimum Gasteiger partial charge on any atom is -0.355 e. The average molecular weight is 522 g/mol. The topological polar surface area (TPSA) is 118 Å². The highest BCUT2D eigenvalue weighted by Crippen LogP contribution is 2.18. The van der Waals surface area contributed by atoms with Gasteiger partial charge in [0.1, 0.15) is 9.21 Å². The first kappa shape index (κ1) is 21.1. The van der Waals surface area contributed by atoms with Crippen LogP contribution in [0.25, 0.3) is 0 Å². The third-order valence-corrected chi connectivity index (χ3v) is 6.36. The van der Waals surface area contributed by atoms with Gasteiger partial charge in [0.15, 0.2) is 6.19 Å². The molecule has 0 bridgehead atoms. The number of aromatic nitrogens is 4. The third kappa shape index (κ3) is 7.61. The van der Waals surface area contributed by atoms with Crippen molar-refractivity contribution in [3.8, 4) is 6.19 Å². The van der Waals surface area contributed by atoms with Crippen LogP contribution in [0.3, 0.4) is 0 Å². The third-order valence-electron chi connectivity index (χ3n) is 3.04. The van der Waals surface area contributed by atoms with Crippen molar-refractivity contribution in [3.05, 3.63) is 33.2 Å². The van der Waals surface area contributed by atoms with Crippen molar-refractivity contribution in [2.45, 2.75) is 11.5 Å². The molecule has 0 unspecified atom stereocenters. The molecule has 2 aromatic rings. The van der Waals surface area contributed by atoms with Crippen LogP contribution < -0.4 is 10.6 Å². The van der Waals surface area contributed by atoms with E-state index in [-0.39, 0.29) is 0 Å². The Morgan fingerprint density at radius 1 is 1.12 bits per heavy atom. The van der Waals surface area contributed by atoms with Crippen molar-refractivity contribution >= 4 is 61.3 Å². The number of rotatable bonds is 10. The van der Waals surface area contributed by atoms with Crippen molar-refractivity contribution in [1.29, 1.82) is 5.26 Å². The maximum absolute atomic E-state index is 8.83. The van der Waals surface area contributed by atoms with Crippen LogP contribution in [0.2, 0.25) is 0 Å². The Bertz CT molecular complexity index is 739. The Morgan fingerprint density at radius 2 is 1.73 bits per heavy atom. The Labute approximate surface area is 177 Å². The lowest BCUT2D eigenvalue weighted by Crippen LogP contribution is -2.36. The van der Waals surface area contributed by atoms with Crippen LogP contribution >= 0.6 is 55.4 Å². The molecule has 0 fully saturated rings. The lowest BCUT2D eigenvalue weighted by molar-refractivity contribution is 0.916. The van der Waals surface area contributed by atoms with E-state index in [0.29, 0.717) is 12.5 Å². The van der Waals surface area contributed by atoms with Gasteiger partial charge in [-0.3, -0.25) is 10.3 Å². The fourth-order valence-electron chi connectivity index (χ4n) is 1.82. The normalized spacial score (nSPS) is 11.3. The zero-order valence-corrected chi connectivity index (χ0v) is 18.6. The largest absolute Gasteiger partial charge is 0.355 e. The van der Waals surface area contributed by atoms with E-state index in [2.05, 4.69) is 67.4 Å². The fraction of sp³-hybridized carbons (Fsp3) is 0.429. The summed E-state index contributed by atoms with van der Waals surface area (Å²) in [5.41, 5.74) is 2.13. The van der Waals surface area contributed by atoms with E-state index >= 15 is 0 Å². The van der Waals surface area contributed by atoms with Gasteiger partial charge < -0.3 is 15.3 Å². The van der Waals surface area contributed by atoms with Gasteiger partial charge in [0.25, 0.3) is 0 Å². The van der Waals surface area contributed by atoms with Crippen molar-refractivity contribution in [1.82, 2.24) is 30.6 Å². The summed E-state index contributed by atoms with van der Waals surface area (Å²) in [4.78, 5) is 18.8. The summed E-state index contributed by atoms with van der Waals surface area (Å²) in [6.45, 7) is 1.35. The van der Waals surface area contributed by atoms with Crippen LogP contribution in [0.5, 0.6) is 0 Å². The summed E-state index contributed by atoms with van der Waals surface area (Å²) in [5.74, 6) is 3.94. The predicted molar refractivity (Wildman–Crippen MR) is 114 cm³/mol. The van der Waals surface area contributed by atoms with E-state index in [0.717, 1.165) is 50.2 Å². The highest BCUT2D eigenvalue weighted by Gasteiger charge is 2.03. The summed E-state index contributed by atoms with van der Waals surface area (Å²) in [6.07, 6.45) is 5.25. The monoisotopic (exact) mass is 520 g/mol. The Morgan fingerprint density at radius 3 is 2.27 bits per heavy atom. The van der Waals surface area contributed by atoms with Gasteiger partial charge in [-0.15, -0.1) is 0 Å². The summed E-state index contributed by atoms with van der Waals surface area (Å²) in [5, 5.41) is 14.6. The summed E-state index contributed by atoms with van der Waals surface area (Å²) in [7, 11) is 0. The maximum Gasteiger partial charge on any atom is 0.204 e. The molecule has 0 saturated carbocycles. The van der Waals surface area contributed by atoms with Gasteiger partial charge in [0.2, 0.25) is 5.96 Å². The van der Waals surface area contributed by atoms with Crippen molar-refractivity contribution in [3.63, 3.8) is 0 Å². The lowest BCUT2D eigenvalue weighted by Gasteiger charge is -2.08. The molecule has 4 N–H and O–H groups in total. The van der Waals surface area contributed by atoms with Gasteiger partial charge in [-0.05, 0) is 31.9 Å². The first-order valence-electron chi connectivity index (χ1n) is 7.65. The second kappa shape index (κ2) is 12.3. The van der Waals surface area contributed by atoms with Gasteiger partial charge in [0.05, 0.1) is 30.6 Å². The first-order valence-corrected chi connectivity index (χ1v) is 11.5. The first-order chi connectivity index (χ1) is 12.7. The zero-order chi connectivity index (χ0) is 18.6. The molecule has 0 amide bonds. The van der Waals surface area contributed by atoms with Crippen LogP contribution in [0.1, 0.15) is 11.4 Å². The minimum atomic E-state index is 0.513. The number of aromatic amines is 2. The number of nitrogens with zero attached hydrogens (tertiary/aromatic N) is 4. The van der Waals surface area contributed by atoms with Crippen molar-refractivity contribution < 1.29 is 0 Å². The molecule has 8 nitrogen and oxygen atoms in total. The molecule has 0 spiro atoms. The van der Waals surface area contributed by atoms with E-state index < -0.39 is 0 Å². The molecule has 0 aromatic carbocycles. The predicted octanol–water partition coefficient (Wildman–Crippen LogP) is 2.84. The van der Waals surface area contributed by atoms with Gasteiger partial charge in [-0.2, -0.15) is 28.8 Å². The Kier molecular flexibility index (Phi) is 9.98. The summed E-state index contributed by atoms with van der Waals surface area (Å²) >= 11 is 10.3. The molecule has 12 heteroatoms. The molecular weight excluding hydrogens is 504 g/mol. The standard InChI is InChI=1S/C14H18Br2N8S2/c15-12-10(21-8-23-12)5-25-3-1-18-14(20-7-17)19-2-4-26-6-11-13(16)24-9-22-11/h8-9H,1-6H2,(H,21,23)(H,22,24)(H2,18,19,20). The second-order valence-electron chi connectivity index (χ2n) is 4.84. The number of H-pyrrole nitrogens is 2. The smallest absolute Gasteiger partial charge is 0.204 e. The Balaban J connectivity index is 1.60. The summed E-state index contributed by atoms with van der Waals surface area (Å²) < 4.78 is 1.70. The SMILES string of the molecule is N#CNC(=NCCSCc1[nH]cnc1Br)NCCSCc1[nH]cnc1Br. The number of imidazole rings is 2. The second-order valence-corrected chi connectivity index (χ2v) is 8.56. The molecular formula is C14H18Br2N8S2. The lowest BCUT2D eigenvalue weighted by atomic mass is 10.6. The summed E-state index contributed by atoms with van der Waals surface area (Å²) in [6, 6.07) is 0. The molecule has 140 valence electrons. The molecule has 2 rings (SSSR count). The number of nitriles is 1. The number of hydrogen-bond donors (Lipinski definition) is 4. The number of guanidine groups is 1. The Hall–Kier alpha value is -1.16. The van der Waals surface area contributed by atoms with E-state index in [1.54, 1.807) is 36.2 Å². The fourth-order valence-corrected chi connectivity index (χ4v) is 4.50. The van der Waals surface area contributed by atoms with Crippen LogP contribution in [0.15, 0.2) is 26.9 Å². The number of nitrogens with one attached hydrogen (secondary N) is 4. The maximum atomic E-state index is 8.83. The van der Waals surface area contributed by atoms with Gasteiger partial charge in [-0.25, -0.2) is 9.97 Å². The average Bonchev–Trinajstić information content (AvgIpc) is 3.22. The number of aliphatic imine (C=N–C) groups is 1. The van der Waals surface area contributed by atoms with Crippen LogP contribution in [0, 0.1) is 11.5 Å². The van der Waals surface area contributed by atoms with Crippen molar-refractivity contribution in [2.24, 2.45) is 4.99 Å². The molecule has 0 aliphatic rings. The highest BCUT2D eigenvalue weighted by atomic mass is 79.9. The van der Waals surface area contributed by atoms with Gasteiger partial charge in [-0.1, -0.05) is 0 Å². The molecule has 2 aromatic heterocycles. The number of halogens is 2. The van der Waals surface area contributed by atoms with Gasteiger partial charge >= 0.3 is 0 Å². The zero-order valence-electron chi connectivity index (χ0n) is 13.8. The minimum absolute atomic E-state index is 0.513. The number of hydrogen-bond acceptors (Lipinski definition) is 6. The molecule has 0 saturated heterocycles. The molecule has 0 radical (unpaired) electrons. The van der Waals surface area contributed by atoms with Crippen LogP contribution in [-0.2, 0) is 11.5 Å². The van der Waals surface area contributed by atoms with E-state index in [4.69, 9.17) is 5.26 Å². The van der Waals surface area contributed by atoms with E-state index in [9.17, 15) is 0 Å². The van der Waals surface area contributed by atoms with E-state index in [1.165, 1.54) is 0 Å². The molecule has 0 atom stereocenters. The quantitative estimate of drug-likeness (QED) is 0.125. The highest BCUT2D eigenvalue weighted by molar-refractivity contribution is 9.10. The van der Waals surface area contributed by atoms with E-state index in [1.807, 2.05) is 6.19 Å². The molecule has 0 aliphatic heterocycles. The van der Waals surface area contributed by atoms with Gasteiger partial charge in [0, 0.05) is 29.6 Å². The van der Waals surface area contributed by atoms with Crippen molar-refractivity contribution in [2.75, 3.05) is 24.6 Å². The number of thioether (sulfide) groups is 2. The van der Waals surface area contributed by atoms with Crippen LogP contribution in [-0.4, -0.2) is 50.5 Å². The molecule has 0 aliphatic carbocycles. The van der Waals surface area contributed by atoms with Crippen LogP contribution in [0.4, 0.5) is 0 Å². The molecule has 2 heterocycles. The molecule has 26 heavy (non-hydrogen) atoms.